The van der Waals surface area contributed by atoms with Crippen molar-refractivity contribution in [2.45, 2.75) is 18.4 Å². The minimum atomic E-state index is -3.10. The fraction of sp³-hybridized carbons (Fsp3) is 0.500. The summed E-state index contributed by atoms with van der Waals surface area (Å²) in [5.74, 6) is 0. The number of hydrogen-bond donors (Lipinski definition) is 2. The summed E-state index contributed by atoms with van der Waals surface area (Å²) in [6, 6.07) is 7.81. The average molecular weight is 289 g/mol. The molecule has 1 aromatic carbocycles. The molecule has 2 N–H and O–H groups in total. The molecule has 1 aliphatic carbocycles. The fourth-order valence-corrected chi connectivity index (χ4v) is 2.68. The zero-order valence-corrected chi connectivity index (χ0v) is 11.8. The zero-order valence-electron chi connectivity index (χ0n) is 10.2. The summed E-state index contributed by atoms with van der Waals surface area (Å²) in [5.41, 5.74) is 1.17. The predicted molar refractivity (Wildman–Crippen MR) is 73.2 cm³/mol. The van der Waals surface area contributed by atoms with Gasteiger partial charge in [0.2, 0.25) is 10.0 Å². The standard InChI is InChI=1S/C12H17ClN2O2S/c1-18(16,17)15-8-7-14-12(5-6-12)10-3-2-4-11(13)9-10/h2-4,9,14-15H,5-8H2,1H3. The Bertz CT molecular complexity index is 527. The zero-order chi connectivity index (χ0) is 13.2. The van der Waals surface area contributed by atoms with Gasteiger partial charge in [0.05, 0.1) is 6.26 Å². The molecule has 0 heterocycles. The first kappa shape index (κ1) is 13.8. The number of nitrogens with one attached hydrogen (secondary N) is 2. The fourth-order valence-electron chi connectivity index (χ4n) is 2.02. The second-order valence-electron chi connectivity index (χ2n) is 4.69. The molecular formula is C12H17ClN2O2S. The van der Waals surface area contributed by atoms with E-state index in [1.165, 1.54) is 5.56 Å². The molecular weight excluding hydrogens is 272 g/mol. The van der Waals surface area contributed by atoms with Gasteiger partial charge in [0.15, 0.2) is 0 Å². The van der Waals surface area contributed by atoms with E-state index in [1.807, 2.05) is 18.2 Å². The maximum atomic E-state index is 10.9. The molecule has 0 amide bonds. The summed E-state index contributed by atoms with van der Waals surface area (Å²) < 4.78 is 24.3. The molecule has 100 valence electrons. The van der Waals surface area contributed by atoms with Gasteiger partial charge in [-0.25, -0.2) is 13.1 Å². The van der Waals surface area contributed by atoms with E-state index in [1.54, 1.807) is 0 Å². The molecule has 0 bridgehead atoms. The minimum Gasteiger partial charge on any atom is -0.306 e. The molecule has 0 atom stereocenters. The van der Waals surface area contributed by atoms with Gasteiger partial charge in [-0.3, -0.25) is 0 Å². The van der Waals surface area contributed by atoms with E-state index in [0.717, 1.165) is 24.1 Å². The van der Waals surface area contributed by atoms with Crippen LogP contribution in [0.2, 0.25) is 5.02 Å². The topological polar surface area (TPSA) is 58.2 Å². The molecule has 1 saturated carbocycles. The summed E-state index contributed by atoms with van der Waals surface area (Å²) in [6.45, 7) is 1.01. The van der Waals surface area contributed by atoms with Crippen LogP contribution >= 0.6 is 11.6 Å². The van der Waals surface area contributed by atoms with E-state index in [9.17, 15) is 8.42 Å². The first-order valence-corrected chi connectivity index (χ1v) is 8.14. The Balaban J connectivity index is 1.89. The Morgan fingerprint density at radius 3 is 2.61 bits per heavy atom. The molecule has 0 aliphatic heterocycles. The molecule has 1 aromatic rings. The molecule has 0 radical (unpaired) electrons. The van der Waals surface area contributed by atoms with E-state index in [-0.39, 0.29) is 5.54 Å². The normalized spacial score (nSPS) is 17.7. The third-order valence-corrected chi connectivity index (χ3v) is 4.04. The summed E-state index contributed by atoms with van der Waals surface area (Å²) in [7, 11) is -3.10. The lowest BCUT2D eigenvalue weighted by atomic mass is 10.1. The van der Waals surface area contributed by atoms with Crippen LogP contribution in [0.3, 0.4) is 0 Å². The lowest BCUT2D eigenvalue weighted by Gasteiger charge is -2.18. The van der Waals surface area contributed by atoms with Gasteiger partial charge < -0.3 is 5.32 Å². The molecule has 2 rings (SSSR count). The molecule has 4 nitrogen and oxygen atoms in total. The third kappa shape index (κ3) is 3.68. The van der Waals surface area contributed by atoms with Gasteiger partial charge in [0.25, 0.3) is 0 Å². The van der Waals surface area contributed by atoms with Crippen molar-refractivity contribution in [3.8, 4) is 0 Å². The lowest BCUT2D eigenvalue weighted by Crippen LogP contribution is -2.36. The van der Waals surface area contributed by atoms with Crippen molar-refractivity contribution in [2.75, 3.05) is 19.3 Å². The van der Waals surface area contributed by atoms with E-state index < -0.39 is 10.0 Å². The maximum Gasteiger partial charge on any atom is 0.208 e. The van der Waals surface area contributed by atoms with E-state index in [4.69, 9.17) is 11.6 Å². The monoisotopic (exact) mass is 288 g/mol. The molecule has 0 unspecified atom stereocenters. The van der Waals surface area contributed by atoms with Crippen molar-refractivity contribution in [1.82, 2.24) is 10.0 Å². The molecule has 1 aliphatic rings. The lowest BCUT2D eigenvalue weighted by molar-refractivity contribution is 0.516. The van der Waals surface area contributed by atoms with Gasteiger partial charge in [0.1, 0.15) is 0 Å². The highest BCUT2D eigenvalue weighted by Gasteiger charge is 2.43. The summed E-state index contributed by atoms with van der Waals surface area (Å²) in [6.07, 6.45) is 3.29. The molecule has 0 spiro atoms. The molecule has 0 aromatic heterocycles. The van der Waals surface area contributed by atoms with E-state index in [2.05, 4.69) is 16.1 Å². The predicted octanol–water partition coefficient (Wildman–Crippen LogP) is 1.47. The Morgan fingerprint density at radius 1 is 1.33 bits per heavy atom. The van der Waals surface area contributed by atoms with Gasteiger partial charge in [-0.1, -0.05) is 23.7 Å². The van der Waals surface area contributed by atoms with Crippen LogP contribution in [0.15, 0.2) is 24.3 Å². The van der Waals surface area contributed by atoms with Crippen LogP contribution in [-0.2, 0) is 15.6 Å². The van der Waals surface area contributed by atoms with Crippen LogP contribution in [-0.4, -0.2) is 27.8 Å². The van der Waals surface area contributed by atoms with Crippen LogP contribution in [0.4, 0.5) is 0 Å². The van der Waals surface area contributed by atoms with Crippen molar-refractivity contribution in [2.24, 2.45) is 0 Å². The Hall–Kier alpha value is -0.620. The number of rotatable bonds is 6. The minimum absolute atomic E-state index is 0.00984. The van der Waals surface area contributed by atoms with Gasteiger partial charge >= 0.3 is 0 Å². The number of halogens is 1. The largest absolute Gasteiger partial charge is 0.306 e. The van der Waals surface area contributed by atoms with Gasteiger partial charge in [-0.15, -0.1) is 0 Å². The van der Waals surface area contributed by atoms with Gasteiger partial charge in [-0.2, -0.15) is 0 Å². The number of sulfonamides is 1. The van der Waals surface area contributed by atoms with Crippen LogP contribution in [0.5, 0.6) is 0 Å². The molecule has 18 heavy (non-hydrogen) atoms. The first-order chi connectivity index (χ1) is 8.41. The number of benzene rings is 1. The SMILES string of the molecule is CS(=O)(=O)NCCNC1(c2cccc(Cl)c2)CC1. The van der Waals surface area contributed by atoms with Crippen molar-refractivity contribution in [1.29, 1.82) is 0 Å². The van der Waals surface area contributed by atoms with E-state index >= 15 is 0 Å². The Morgan fingerprint density at radius 2 is 2.06 bits per heavy atom. The summed E-state index contributed by atoms with van der Waals surface area (Å²) in [4.78, 5) is 0. The second kappa shape index (κ2) is 5.17. The van der Waals surface area contributed by atoms with Crippen molar-refractivity contribution in [3.63, 3.8) is 0 Å². The van der Waals surface area contributed by atoms with Crippen LogP contribution in [0.1, 0.15) is 18.4 Å². The first-order valence-electron chi connectivity index (χ1n) is 5.87. The van der Waals surface area contributed by atoms with Gasteiger partial charge in [0, 0.05) is 23.7 Å². The third-order valence-electron chi connectivity index (χ3n) is 3.08. The number of hydrogen-bond acceptors (Lipinski definition) is 3. The van der Waals surface area contributed by atoms with Crippen molar-refractivity contribution < 1.29 is 8.42 Å². The van der Waals surface area contributed by atoms with Crippen LogP contribution in [0, 0.1) is 0 Å². The summed E-state index contributed by atoms with van der Waals surface area (Å²) >= 11 is 5.98. The highest BCUT2D eigenvalue weighted by Crippen LogP contribution is 2.45. The van der Waals surface area contributed by atoms with Crippen molar-refractivity contribution in [3.05, 3.63) is 34.9 Å². The highest BCUT2D eigenvalue weighted by molar-refractivity contribution is 7.88. The quantitative estimate of drug-likeness (QED) is 0.780. The summed E-state index contributed by atoms with van der Waals surface area (Å²) in [5, 5.41) is 4.13. The average Bonchev–Trinajstić information content (AvgIpc) is 3.04. The smallest absolute Gasteiger partial charge is 0.208 e. The molecule has 1 fully saturated rings. The van der Waals surface area contributed by atoms with E-state index in [0.29, 0.717) is 13.1 Å². The molecule has 6 heteroatoms. The second-order valence-corrected chi connectivity index (χ2v) is 6.96. The molecule has 0 saturated heterocycles. The van der Waals surface area contributed by atoms with Crippen molar-refractivity contribution >= 4 is 21.6 Å². The Kier molecular flexibility index (Phi) is 3.96. The maximum absolute atomic E-state index is 10.9. The van der Waals surface area contributed by atoms with Crippen LogP contribution in [0.25, 0.3) is 0 Å². The van der Waals surface area contributed by atoms with Gasteiger partial charge in [-0.05, 0) is 30.5 Å². The Labute approximate surface area is 113 Å². The highest BCUT2D eigenvalue weighted by atomic mass is 35.5. The van der Waals surface area contributed by atoms with Crippen LogP contribution < -0.4 is 10.0 Å².